The molecule has 1 aromatic rings. The van der Waals surface area contributed by atoms with Crippen LogP contribution in [0.1, 0.15) is 18.2 Å². The topological polar surface area (TPSA) is 76.5 Å². The van der Waals surface area contributed by atoms with Crippen LogP contribution in [0.2, 0.25) is 0 Å². The molecule has 0 radical (unpaired) electrons. The van der Waals surface area contributed by atoms with Crippen LogP contribution in [0.3, 0.4) is 0 Å². The molecule has 0 spiro atoms. The van der Waals surface area contributed by atoms with E-state index in [-0.39, 0.29) is 31.2 Å². The van der Waals surface area contributed by atoms with E-state index < -0.39 is 11.8 Å². The number of pyridine rings is 1. The van der Waals surface area contributed by atoms with Crippen molar-refractivity contribution in [3.63, 3.8) is 0 Å². The maximum absolute atomic E-state index is 11.3. The standard InChI is InChI=1S/C12H13NO4.Li.H/c1-3-17-12(16)11(15)6-10(14)9-5-4-8(2)13-7-9;;/h4-7,14H,3H2,1-2H3;;. The monoisotopic (exact) mass is 243 g/mol. The molecule has 0 aromatic carbocycles. The number of hydrogen-bond acceptors (Lipinski definition) is 5. The second-order valence-electron chi connectivity index (χ2n) is 3.30. The van der Waals surface area contributed by atoms with Gasteiger partial charge in [0.2, 0.25) is 0 Å². The zero-order chi connectivity index (χ0) is 12.8. The van der Waals surface area contributed by atoms with Gasteiger partial charge in [0.25, 0.3) is 5.78 Å². The van der Waals surface area contributed by atoms with Gasteiger partial charge in [-0.25, -0.2) is 4.79 Å². The number of carbonyl (C=O) groups excluding carboxylic acids is 2. The summed E-state index contributed by atoms with van der Waals surface area (Å²) in [7, 11) is 0. The third-order valence-corrected chi connectivity index (χ3v) is 1.95. The third-order valence-electron chi connectivity index (χ3n) is 1.95. The van der Waals surface area contributed by atoms with Crippen LogP contribution in [0, 0.1) is 6.92 Å². The van der Waals surface area contributed by atoms with Crippen molar-refractivity contribution >= 4 is 36.4 Å². The van der Waals surface area contributed by atoms with Gasteiger partial charge < -0.3 is 9.84 Å². The van der Waals surface area contributed by atoms with Gasteiger partial charge >= 0.3 is 24.8 Å². The minimum absolute atomic E-state index is 0. The van der Waals surface area contributed by atoms with Crippen molar-refractivity contribution in [1.82, 2.24) is 4.98 Å². The molecule has 0 aliphatic carbocycles. The Morgan fingerprint density at radius 2 is 2.11 bits per heavy atom. The van der Waals surface area contributed by atoms with Crippen LogP contribution in [0.15, 0.2) is 24.4 Å². The van der Waals surface area contributed by atoms with E-state index in [1.165, 1.54) is 6.20 Å². The number of aromatic nitrogens is 1. The Labute approximate surface area is 117 Å². The molecule has 1 aromatic heterocycles. The number of hydrogen-bond donors (Lipinski definition) is 1. The first-order chi connectivity index (χ1) is 8.04. The Bertz CT molecular complexity index is 454. The van der Waals surface area contributed by atoms with E-state index in [4.69, 9.17) is 0 Å². The first-order valence-electron chi connectivity index (χ1n) is 5.09. The summed E-state index contributed by atoms with van der Waals surface area (Å²) >= 11 is 0. The molecule has 0 fully saturated rings. The SMILES string of the molecule is CCOC(=O)C(=O)C=C(O)c1ccc(C)nc1.[LiH]. The molecule has 5 nitrogen and oxygen atoms in total. The Kier molecular flexibility index (Phi) is 7.02. The Balaban J connectivity index is 0.00000289. The number of esters is 1. The van der Waals surface area contributed by atoms with E-state index >= 15 is 0 Å². The number of rotatable bonds is 4. The summed E-state index contributed by atoms with van der Waals surface area (Å²) in [4.78, 5) is 26.2. The number of aliphatic hydroxyl groups excluding tert-OH is 1. The number of nitrogens with zero attached hydrogens (tertiary/aromatic N) is 1. The van der Waals surface area contributed by atoms with Gasteiger partial charge in [-0.2, -0.15) is 0 Å². The molecule has 92 valence electrons. The van der Waals surface area contributed by atoms with Crippen LogP contribution in [0.4, 0.5) is 0 Å². The normalized spacial score (nSPS) is 10.4. The maximum atomic E-state index is 11.3. The molecule has 0 unspecified atom stereocenters. The molecule has 0 atom stereocenters. The summed E-state index contributed by atoms with van der Waals surface area (Å²) in [6, 6.07) is 3.29. The van der Waals surface area contributed by atoms with Gasteiger partial charge in [-0.15, -0.1) is 0 Å². The van der Waals surface area contributed by atoms with Crippen molar-refractivity contribution in [2.45, 2.75) is 13.8 Å². The molecule has 1 heterocycles. The predicted octanol–water partition coefficient (Wildman–Crippen LogP) is 0.773. The van der Waals surface area contributed by atoms with E-state index in [1.807, 2.05) is 0 Å². The van der Waals surface area contributed by atoms with Gasteiger partial charge in [-0.3, -0.25) is 9.78 Å². The van der Waals surface area contributed by atoms with Crippen LogP contribution in [0.5, 0.6) is 0 Å². The summed E-state index contributed by atoms with van der Waals surface area (Å²) in [5.74, 6) is -2.19. The molecule has 0 aliphatic rings. The molecule has 0 saturated carbocycles. The fourth-order valence-corrected chi connectivity index (χ4v) is 1.09. The van der Waals surface area contributed by atoms with Crippen molar-refractivity contribution < 1.29 is 19.4 Å². The zero-order valence-electron chi connectivity index (χ0n) is 9.64. The molecule has 0 amide bonds. The van der Waals surface area contributed by atoms with E-state index in [0.29, 0.717) is 5.56 Å². The van der Waals surface area contributed by atoms with Crippen molar-refractivity contribution in [3.05, 3.63) is 35.7 Å². The molecule has 0 saturated heterocycles. The first kappa shape index (κ1) is 16.4. The molecule has 0 bridgehead atoms. The molecule has 1 rings (SSSR count). The molecule has 1 N–H and O–H groups in total. The number of ketones is 1. The van der Waals surface area contributed by atoms with Gasteiger partial charge in [-0.1, -0.05) is 0 Å². The minimum atomic E-state index is -0.987. The molecular formula is C12H14LiNO4. The Hall–Kier alpha value is -1.57. The molecule has 6 heteroatoms. The number of aryl methyl sites for hydroxylation is 1. The van der Waals surface area contributed by atoms with Crippen molar-refractivity contribution in [2.75, 3.05) is 6.61 Å². The predicted molar refractivity (Wildman–Crippen MR) is 68.4 cm³/mol. The van der Waals surface area contributed by atoms with Crippen LogP contribution in [-0.4, -0.2) is 47.3 Å². The average Bonchev–Trinajstić information content (AvgIpc) is 2.30. The first-order valence-corrected chi connectivity index (χ1v) is 5.09. The van der Waals surface area contributed by atoms with Crippen molar-refractivity contribution in [1.29, 1.82) is 0 Å². The second kappa shape index (κ2) is 7.70. The molecule has 18 heavy (non-hydrogen) atoms. The number of carbonyl (C=O) groups is 2. The average molecular weight is 243 g/mol. The van der Waals surface area contributed by atoms with Crippen molar-refractivity contribution in [3.8, 4) is 0 Å². The van der Waals surface area contributed by atoms with Crippen molar-refractivity contribution in [2.24, 2.45) is 0 Å². The number of ether oxygens (including phenoxy) is 1. The molecule has 0 aliphatic heterocycles. The van der Waals surface area contributed by atoms with Crippen LogP contribution in [-0.2, 0) is 14.3 Å². The molecular weight excluding hydrogens is 229 g/mol. The zero-order valence-corrected chi connectivity index (χ0v) is 9.64. The summed E-state index contributed by atoms with van der Waals surface area (Å²) < 4.78 is 4.50. The second-order valence-corrected chi connectivity index (χ2v) is 3.30. The van der Waals surface area contributed by atoms with E-state index in [1.54, 1.807) is 26.0 Å². The van der Waals surface area contributed by atoms with Gasteiger partial charge in [0.1, 0.15) is 5.76 Å². The third kappa shape index (κ3) is 4.74. The van der Waals surface area contributed by atoms with Crippen LogP contribution >= 0.6 is 0 Å². The summed E-state index contributed by atoms with van der Waals surface area (Å²) in [5, 5.41) is 9.59. The van der Waals surface area contributed by atoms with Gasteiger partial charge in [0.15, 0.2) is 0 Å². The van der Waals surface area contributed by atoms with Gasteiger partial charge in [0.05, 0.1) is 6.61 Å². The van der Waals surface area contributed by atoms with Crippen LogP contribution < -0.4 is 0 Å². The summed E-state index contributed by atoms with van der Waals surface area (Å²) in [5.41, 5.74) is 1.16. The van der Waals surface area contributed by atoms with Gasteiger partial charge in [-0.05, 0) is 26.0 Å². The Morgan fingerprint density at radius 1 is 1.44 bits per heavy atom. The summed E-state index contributed by atoms with van der Waals surface area (Å²) in [6.45, 7) is 3.51. The quantitative estimate of drug-likeness (QED) is 0.278. The fraction of sp³-hybridized carbons (Fsp3) is 0.250. The Morgan fingerprint density at radius 3 is 2.61 bits per heavy atom. The fourth-order valence-electron chi connectivity index (χ4n) is 1.09. The van der Waals surface area contributed by atoms with E-state index in [2.05, 4.69) is 9.72 Å². The summed E-state index contributed by atoms with van der Waals surface area (Å²) in [6.07, 6.45) is 2.24. The van der Waals surface area contributed by atoms with Crippen LogP contribution in [0.25, 0.3) is 5.76 Å². The van der Waals surface area contributed by atoms with E-state index in [0.717, 1.165) is 11.8 Å². The van der Waals surface area contributed by atoms with E-state index in [9.17, 15) is 14.7 Å². The number of aliphatic hydroxyl groups is 1. The van der Waals surface area contributed by atoms with Gasteiger partial charge in [0, 0.05) is 23.5 Å².